The second kappa shape index (κ2) is 11.3. The van der Waals surface area contributed by atoms with E-state index in [4.69, 9.17) is 0 Å². The van der Waals surface area contributed by atoms with Gasteiger partial charge in [-0.15, -0.1) is 0 Å². The van der Waals surface area contributed by atoms with Crippen molar-refractivity contribution in [2.24, 2.45) is 0 Å². The van der Waals surface area contributed by atoms with E-state index in [1.54, 1.807) is 35.2 Å². The van der Waals surface area contributed by atoms with Crippen LogP contribution in [0.2, 0.25) is 0 Å². The zero-order chi connectivity index (χ0) is 25.5. The number of imide groups is 1. The summed E-state index contributed by atoms with van der Waals surface area (Å²) in [6, 6.07) is 11.0. The molecule has 2 aromatic rings. The summed E-state index contributed by atoms with van der Waals surface area (Å²) in [5.74, 6) is -2.84. The van der Waals surface area contributed by atoms with Crippen molar-refractivity contribution in [1.82, 2.24) is 5.32 Å². The van der Waals surface area contributed by atoms with E-state index in [1.807, 2.05) is 0 Å². The second-order valence-corrected chi connectivity index (χ2v) is 7.70. The molecule has 3 amide bonds. The van der Waals surface area contributed by atoms with E-state index >= 15 is 0 Å². The number of hydrogen-bond acceptors (Lipinski definition) is 5. The summed E-state index contributed by atoms with van der Waals surface area (Å²) >= 11 is 0. The maximum atomic E-state index is 13.4. The van der Waals surface area contributed by atoms with Gasteiger partial charge in [-0.2, -0.15) is 0 Å². The number of carbonyl (C=O) groups is 4. The van der Waals surface area contributed by atoms with Crippen molar-refractivity contribution >= 4 is 35.1 Å². The quantitative estimate of drug-likeness (QED) is 0.529. The lowest BCUT2D eigenvalue weighted by atomic mass is 10.1. The number of nitrogens with one attached hydrogen (secondary N) is 2. The lowest BCUT2D eigenvalue weighted by Crippen LogP contribution is -2.29. The van der Waals surface area contributed by atoms with E-state index in [-0.39, 0.29) is 35.4 Å². The third-order valence-corrected chi connectivity index (χ3v) is 5.21. The molecular formula is C24H22F3N3O5. The Labute approximate surface area is 198 Å². The summed E-state index contributed by atoms with van der Waals surface area (Å²) in [7, 11) is 0. The van der Waals surface area contributed by atoms with Crippen LogP contribution in [0.15, 0.2) is 54.4 Å². The summed E-state index contributed by atoms with van der Waals surface area (Å²) < 4.78 is 37.6. The van der Waals surface area contributed by atoms with E-state index in [1.165, 1.54) is 18.2 Å². The Morgan fingerprint density at radius 2 is 1.74 bits per heavy atom. The largest absolute Gasteiger partial charge is 0.478 e. The van der Waals surface area contributed by atoms with Gasteiger partial charge in [0.15, 0.2) is 0 Å². The molecule has 0 radical (unpaired) electrons. The smallest absolute Gasteiger partial charge is 0.337 e. The number of carboxylic acids is 1. The fraction of sp³-hybridized carbons (Fsp3) is 0.250. The molecule has 35 heavy (non-hydrogen) atoms. The highest BCUT2D eigenvalue weighted by molar-refractivity contribution is 6.21. The van der Waals surface area contributed by atoms with Crippen LogP contribution < -0.4 is 15.5 Å². The summed E-state index contributed by atoms with van der Waals surface area (Å²) in [6.45, 7) is 0.603. The minimum Gasteiger partial charge on any atom is -0.478 e. The highest BCUT2D eigenvalue weighted by atomic mass is 19.3. The molecule has 2 aromatic carbocycles. The molecule has 0 unspecified atom stereocenters. The topological polar surface area (TPSA) is 116 Å². The van der Waals surface area contributed by atoms with Crippen LogP contribution in [0.5, 0.6) is 0 Å². The number of amides is 3. The van der Waals surface area contributed by atoms with E-state index < -0.39 is 31.1 Å². The number of nitrogens with zero attached hydrogens (tertiary/aromatic N) is 1. The van der Waals surface area contributed by atoms with E-state index in [2.05, 4.69) is 10.6 Å². The number of carboxylic acid groups (broad SMARTS) is 1. The Balaban J connectivity index is 0.000000256. The molecule has 0 spiro atoms. The molecule has 0 aliphatic carbocycles. The molecule has 2 aliphatic rings. The van der Waals surface area contributed by atoms with Crippen LogP contribution in [-0.2, 0) is 4.79 Å². The number of alkyl halides is 2. The van der Waals surface area contributed by atoms with Crippen molar-refractivity contribution in [3.05, 3.63) is 71.1 Å². The molecule has 184 valence electrons. The van der Waals surface area contributed by atoms with Gasteiger partial charge in [0.2, 0.25) is 12.3 Å². The molecule has 0 saturated heterocycles. The Morgan fingerprint density at radius 3 is 2.31 bits per heavy atom. The number of hydrogen-bond donors (Lipinski definition) is 3. The van der Waals surface area contributed by atoms with Crippen molar-refractivity contribution in [2.45, 2.75) is 25.7 Å². The molecule has 0 bridgehead atoms. The fourth-order valence-electron chi connectivity index (χ4n) is 3.51. The molecule has 0 atom stereocenters. The number of fused-ring (bicyclic) bond motifs is 1. The summed E-state index contributed by atoms with van der Waals surface area (Å²) in [5, 5.41) is 13.8. The number of anilines is 2. The minimum absolute atomic E-state index is 0.0264. The van der Waals surface area contributed by atoms with Crippen LogP contribution in [-0.4, -0.2) is 48.3 Å². The van der Waals surface area contributed by atoms with Gasteiger partial charge in [0.25, 0.3) is 11.8 Å². The Bertz CT molecular complexity index is 1150. The lowest BCUT2D eigenvalue weighted by Gasteiger charge is -2.27. The standard InChI is InChI=1S/C16H17F3N2O3.C8H5NO2/c17-10-2-1-7-21(9-10)11-3-4-13(12(8-11)16(23)24)20-15(22)6-5-14(18)19;10-7-5-3-1-2-4-6(5)8(11)9-7/h2-4,8,14H,1,5-7,9H2,(H,20,22)(H,23,24);1-4H,(H,9,10,11). The SMILES string of the molecule is O=C(CCC(F)F)Nc1ccc(N2CCC=C(F)C2)cc1C(=O)O.O=C1NC(=O)c2ccccc21. The first-order chi connectivity index (χ1) is 16.7. The van der Waals surface area contributed by atoms with Gasteiger partial charge in [-0.3, -0.25) is 19.7 Å². The van der Waals surface area contributed by atoms with Crippen molar-refractivity contribution in [1.29, 1.82) is 0 Å². The van der Waals surface area contributed by atoms with Gasteiger partial charge in [0.1, 0.15) is 5.83 Å². The Kier molecular flexibility index (Phi) is 8.24. The van der Waals surface area contributed by atoms with Gasteiger partial charge < -0.3 is 15.3 Å². The van der Waals surface area contributed by atoms with Crippen molar-refractivity contribution < 1.29 is 37.5 Å². The van der Waals surface area contributed by atoms with Gasteiger partial charge in [0.05, 0.1) is 28.9 Å². The van der Waals surface area contributed by atoms with E-state index in [9.17, 15) is 37.5 Å². The van der Waals surface area contributed by atoms with Crippen LogP contribution in [0.4, 0.5) is 24.5 Å². The molecule has 4 rings (SSSR count). The number of aromatic carboxylic acids is 1. The predicted octanol–water partition coefficient (Wildman–Crippen LogP) is 4.00. The lowest BCUT2D eigenvalue weighted by molar-refractivity contribution is -0.116. The Hall–Kier alpha value is -4.15. The first kappa shape index (κ1) is 25.5. The zero-order valence-corrected chi connectivity index (χ0v) is 18.4. The van der Waals surface area contributed by atoms with Crippen molar-refractivity contribution in [3.63, 3.8) is 0 Å². The van der Waals surface area contributed by atoms with Crippen LogP contribution >= 0.6 is 0 Å². The summed E-state index contributed by atoms with van der Waals surface area (Å²) in [4.78, 5) is 46.6. The van der Waals surface area contributed by atoms with Crippen LogP contribution in [0.3, 0.4) is 0 Å². The van der Waals surface area contributed by atoms with Crippen LogP contribution in [0, 0.1) is 0 Å². The molecule has 2 heterocycles. The molecule has 11 heteroatoms. The zero-order valence-electron chi connectivity index (χ0n) is 18.4. The first-order valence-electron chi connectivity index (χ1n) is 10.6. The van der Waals surface area contributed by atoms with Gasteiger partial charge in [0, 0.05) is 25.1 Å². The summed E-state index contributed by atoms with van der Waals surface area (Å²) in [5.41, 5.74) is 1.31. The fourth-order valence-corrected chi connectivity index (χ4v) is 3.51. The average Bonchev–Trinajstić information content (AvgIpc) is 3.12. The number of rotatable bonds is 6. The van der Waals surface area contributed by atoms with Gasteiger partial charge in [-0.05, 0) is 42.8 Å². The number of halogens is 3. The molecule has 0 fully saturated rings. The molecule has 0 aromatic heterocycles. The van der Waals surface area contributed by atoms with Gasteiger partial charge in [-0.25, -0.2) is 18.0 Å². The number of carbonyl (C=O) groups excluding carboxylic acids is 3. The molecular weight excluding hydrogens is 467 g/mol. The van der Waals surface area contributed by atoms with E-state index in [0.29, 0.717) is 29.8 Å². The second-order valence-electron chi connectivity index (χ2n) is 7.70. The third kappa shape index (κ3) is 6.69. The highest BCUT2D eigenvalue weighted by Gasteiger charge is 2.25. The normalized spacial score (nSPS) is 14.5. The highest BCUT2D eigenvalue weighted by Crippen LogP contribution is 2.26. The first-order valence-corrected chi connectivity index (χ1v) is 10.6. The minimum atomic E-state index is -2.60. The molecule has 8 nitrogen and oxygen atoms in total. The third-order valence-electron chi connectivity index (χ3n) is 5.21. The van der Waals surface area contributed by atoms with Gasteiger partial charge >= 0.3 is 5.97 Å². The average molecular weight is 489 g/mol. The van der Waals surface area contributed by atoms with Gasteiger partial charge in [-0.1, -0.05) is 12.1 Å². The molecule has 0 saturated carbocycles. The van der Waals surface area contributed by atoms with Crippen LogP contribution in [0.25, 0.3) is 0 Å². The number of benzene rings is 2. The van der Waals surface area contributed by atoms with Crippen LogP contribution in [0.1, 0.15) is 50.3 Å². The van der Waals surface area contributed by atoms with Crippen molar-refractivity contribution in [3.8, 4) is 0 Å². The Morgan fingerprint density at radius 1 is 1.09 bits per heavy atom. The van der Waals surface area contributed by atoms with E-state index in [0.717, 1.165) is 0 Å². The summed E-state index contributed by atoms with van der Waals surface area (Å²) in [6.07, 6.45) is -1.60. The molecule has 3 N–H and O–H groups in total. The van der Waals surface area contributed by atoms with Crippen molar-refractivity contribution in [2.75, 3.05) is 23.3 Å². The predicted molar refractivity (Wildman–Crippen MR) is 122 cm³/mol. The molecule has 2 aliphatic heterocycles. The maximum Gasteiger partial charge on any atom is 0.337 e. The maximum absolute atomic E-state index is 13.4. The monoisotopic (exact) mass is 489 g/mol.